The Morgan fingerprint density at radius 2 is 1.73 bits per heavy atom. The number of hydrogen-bond donors (Lipinski definition) is 0. The number of benzene rings is 2. The van der Waals surface area contributed by atoms with Gasteiger partial charge >= 0.3 is 0 Å². The van der Waals surface area contributed by atoms with Gasteiger partial charge in [-0.1, -0.05) is 54.6 Å². The summed E-state index contributed by atoms with van der Waals surface area (Å²) >= 11 is 0. The van der Waals surface area contributed by atoms with Crippen molar-refractivity contribution in [1.29, 1.82) is 0 Å². The van der Waals surface area contributed by atoms with Gasteiger partial charge < -0.3 is 4.57 Å². The van der Waals surface area contributed by atoms with Crippen LogP contribution in [0.5, 0.6) is 0 Å². The Balaban J connectivity index is 1.32. The number of hydrogen-bond acceptors (Lipinski definition) is 3. The lowest BCUT2D eigenvalue weighted by Crippen LogP contribution is -2.37. The van der Waals surface area contributed by atoms with Crippen molar-refractivity contribution in [3.8, 4) is 0 Å². The summed E-state index contributed by atoms with van der Waals surface area (Å²) < 4.78 is 30.4. The highest BCUT2D eigenvalue weighted by Crippen LogP contribution is 2.31. The summed E-state index contributed by atoms with van der Waals surface area (Å²) in [5.41, 5.74) is 5.58. The van der Waals surface area contributed by atoms with Gasteiger partial charge in [0.05, 0.1) is 23.5 Å². The Morgan fingerprint density at radius 1 is 0.933 bits per heavy atom. The van der Waals surface area contributed by atoms with Crippen molar-refractivity contribution in [2.24, 2.45) is 0 Å². The minimum atomic E-state index is -3.47. The Kier molecular flexibility index (Phi) is 5.05. The van der Waals surface area contributed by atoms with Crippen LogP contribution in [0.25, 0.3) is 6.08 Å². The van der Waals surface area contributed by atoms with Crippen LogP contribution in [0.4, 0.5) is 0 Å². The monoisotopic (exact) mass is 419 g/mol. The van der Waals surface area contributed by atoms with E-state index in [1.54, 1.807) is 4.31 Å². The molecule has 0 fully saturated rings. The second-order valence-corrected chi connectivity index (χ2v) is 9.96. The molecule has 1 aromatic heterocycles. The van der Waals surface area contributed by atoms with Gasteiger partial charge in [-0.25, -0.2) is 13.4 Å². The van der Waals surface area contributed by atoms with Crippen LogP contribution in [-0.2, 0) is 42.4 Å². The normalized spacial score (nSPS) is 16.6. The van der Waals surface area contributed by atoms with Crippen molar-refractivity contribution in [2.45, 2.75) is 38.8 Å². The standard InChI is InChI=1S/C24H25N3O2S/c28-30(29,22-11-10-20-8-4-5-9-21(20)16-22)27-15-13-24-23(17-27)25-18-26(24)14-12-19-6-2-1-3-7-19/h1-9,16,18H,10-15,17H2. The predicted molar refractivity (Wildman–Crippen MR) is 118 cm³/mol. The molecule has 0 bridgehead atoms. The zero-order valence-corrected chi connectivity index (χ0v) is 17.7. The second-order valence-electron chi connectivity index (χ2n) is 7.97. The highest BCUT2D eigenvalue weighted by molar-refractivity contribution is 7.93. The van der Waals surface area contributed by atoms with Crippen LogP contribution in [0, 0.1) is 0 Å². The van der Waals surface area contributed by atoms with Crippen LogP contribution in [0.2, 0.25) is 0 Å². The van der Waals surface area contributed by atoms with Crippen molar-refractivity contribution in [3.05, 3.63) is 93.9 Å². The molecule has 0 N–H and O–H groups in total. The third kappa shape index (κ3) is 3.61. The van der Waals surface area contributed by atoms with E-state index in [1.807, 2.05) is 36.7 Å². The average molecular weight is 420 g/mol. The molecule has 2 aromatic carbocycles. The first kappa shape index (κ1) is 19.3. The SMILES string of the molecule is O=S(=O)(C1=Cc2ccccc2CC1)N1CCc2c(ncn2CCc2ccccc2)C1. The van der Waals surface area contributed by atoms with E-state index in [0.29, 0.717) is 30.8 Å². The summed E-state index contributed by atoms with van der Waals surface area (Å²) in [5, 5.41) is 0. The molecule has 0 radical (unpaired) electrons. The molecular formula is C24H25N3O2S. The number of allylic oxidation sites excluding steroid dienone is 1. The first-order chi connectivity index (χ1) is 14.6. The first-order valence-electron chi connectivity index (χ1n) is 10.5. The fourth-order valence-corrected chi connectivity index (χ4v) is 6.00. The number of imidazole rings is 1. The molecule has 5 rings (SSSR count). The maximum atomic E-state index is 13.3. The van der Waals surface area contributed by atoms with E-state index in [1.165, 1.54) is 16.8 Å². The largest absolute Gasteiger partial charge is 0.334 e. The van der Waals surface area contributed by atoms with E-state index in [0.717, 1.165) is 30.6 Å². The van der Waals surface area contributed by atoms with E-state index in [9.17, 15) is 8.42 Å². The molecular weight excluding hydrogens is 394 g/mol. The summed E-state index contributed by atoms with van der Waals surface area (Å²) in [6.45, 7) is 1.72. The first-order valence-corrected chi connectivity index (χ1v) is 11.9. The minimum Gasteiger partial charge on any atom is -0.334 e. The average Bonchev–Trinajstić information content (AvgIpc) is 3.20. The number of aryl methyl sites for hydroxylation is 3. The molecule has 154 valence electrons. The highest BCUT2D eigenvalue weighted by atomic mass is 32.2. The molecule has 30 heavy (non-hydrogen) atoms. The van der Waals surface area contributed by atoms with E-state index in [-0.39, 0.29) is 0 Å². The van der Waals surface area contributed by atoms with Gasteiger partial charge in [-0.15, -0.1) is 0 Å². The molecule has 1 aliphatic heterocycles. The molecule has 0 spiro atoms. The molecule has 2 heterocycles. The zero-order valence-electron chi connectivity index (χ0n) is 16.9. The number of sulfonamides is 1. The Bertz CT molecular complexity index is 1200. The van der Waals surface area contributed by atoms with Gasteiger partial charge in [-0.2, -0.15) is 4.31 Å². The fraction of sp³-hybridized carbons (Fsp3) is 0.292. The van der Waals surface area contributed by atoms with E-state index in [4.69, 9.17) is 0 Å². The fourth-order valence-electron chi connectivity index (χ4n) is 4.41. The van der Waals surface area contributed by atoms with Gasteiger partial charge in [0.1, 0.15) is 0 Å². The molecule has 5 nitrogen and oxygen atoms in total. The number of rotatable bonds is 5. The Morgan fingerprint density at radius 3 is 2.60 bits per heavy atom. The van der Waals surface area contributed by atoms with Gasteiger partial charge in [0, 0.05) is 25.2 Å². The van der Waals surface area contributed by atoms with Gasteiger partial charge in [0.15, 0.2) is 0 Å². The van der Waals surface area contributed by atoms with Crippen molar-refractivity contribution in [1.82, 2.24) is 13.9 Å². The maximum absolute atomic E-state index is 13.3. The molecule has 0 amide bonds. The lowest BCUT2D eigenvalue weighted by atomic mass is 9.98. The predicted octanol–water partition coefficient (Wildman–Crippen LogP) is 3.80. The van der Waals surface area contributed by atoms with Crippen LogP contribution in [0.3, 0.4) is 0 Å². The van der Waals surface area contributed by atoms with Crippen molar-refractivity contribution < 1.29 is 8.42 Å². The van der Waals surface area contributed by atoms with Crippen LogP contribution in [-0.4, -0.2) is 28.8 Å². The van der Waals surface area contributed by atoms with Crippen LogP contribution in [0.15, 0.2) is 65.8 Å². The lowest BCUT2D eigenvalue weighted by Gasteiger charge is -2.28. The number of aromatic nitrogens is 2. The third-order valence-electron chi connectivity index (χ3n) is 6.12. The summed E-state index contributed by atoms with van der Waals surface area (Å²) in [5.74, 6) is 0. The van der Waals surface area contributed by atoms with Gasteiger partial charge in [0.25, 0.3) is 0 Å². The van der Waals surface area contributed by atoms with E-state index >= 15 is 0 Å². The Labute approximate surface area is 177 Å². The van der Waals surface area contributed by atoms with Crippen LogP contribution >= 0.6 is 0 Å². The molecule has 0 unspecified atom stereocenters. The van der Waals surface area contributed by atoms with E-state index in [2.05, 4.69) is 39.9 Å². The molecule has 0 atom stereocenters. The minimum absolute atomic E-state index is 0.356. The lowest BCUT2D eigenvalue weighted by molar-refractivity contribution is 0.384. The number of nitrogens with zero attached hydrogens (tertiary/aromatic N) is 3. The Hall–Kier alpha value is -2.70. The third-order valence-corrected chi connectivity index (χ3v) is 8.10. The second kappa shape index (κ2) is 7.85. The quantitative estimate of drug-likeness (QED) is 0.632. The molecule has 3 aromatic rings. The highest BCUT2D eigenvalue weighted by Gasteiger charge is 2.32. The number of fused-ring (bicyclic) bond motifs is 2. The molecule has 0 saturated heterocycles. The summed E-state index contributed by atoms with van der Waals surface area (Å²) in [6, 6.07) is 18.4. The molecule has 1 aliphatic carbocycles. The molecule has 0 saturated carbocycles. The molecule has 2 aliphatic rings. The van der Waals surface area contributed by atoms with Crippen LogP contribution in [0.1, 0.15) is 34.5 Å². The van der Waals surface area contributed by atoms with Gasteiger partial charge in [0.2, 0.25) is 10.0 Å². The van der Waals surface area contributed by atoms with Gasteiger partial charge in [-0.05, 0) is 42.0 Å². The molecule has 6 heteroatoms. The van der Waals surface area contributed by atoms with Crippen molar-refractivity contribution in [2.75, 3.05) is 6.54 Å². The van der Waals surface area contributed by atoms with Crippen LogP contribution < -0.4 is 0 Å². The van der Waals surface area contributed by atoms with Gasteiger partial charge in [-0.3, -0.25) is 0 Å². The topological polar surface area (TPSA) is 55.2 Å². The smallest absolute Gasteiger partial charge is 0.239 e. The summed E-state index contributed by atoms with van der Waals surface area (Å²) in [4.78, 5) is 5.07. The van der Waals surface area contributed by atoms with E-state index < -0.39 is 10.0 Å². The van der Waals surface area contributed by atoms with Crippen molar-refractivity contribution >= 4 is 16.1 Å². The van der Waals surface area contributed by atoms with Crippen molar-refractivity contribution in [3.63, 3.8) is 0 Å². The summed E-state index contributed by atoms with van der Waals surface area (Å²) in [7, 11) is -3.47. The maximum Gasteiger partial charge on any atom is 0.239 e. The summed E-state index contributed by atoms with van der Waals surface area (Å²) in [6.07, 6.45) is 6.69. The zero-order chi connectivity index (χ0) is 20.6.